The molecule has 2 aromatic carbocycles. The molecule has 2 N–H and O–H groups in total. The second-order valence-electron chi connectivity index (χ2n) is 12.1. The van der Waals surface area contributed by atoms with Gasteiger partial charge in [-0.1, -0.05) is 0 Å². The first-order chi connectivity index (χ1) is 21.7. The van der Waals surface area contributed by atoms with E-state index in [4.69, 9.17) is 47.4 Å². The van der Waals surface area contributed by atoms with Gasteiger partial charge < -0.3 is 57.6 Å². The zero-order valence-corrected chi connectivity index (χ0v) is 25.7. The number of carbonyl (C=O) groups excluding carboxylic acids is 1. The number of cyclic esters (lactones) is 1. The summed E-state index contributed by atoms with van der Waals surface area (Å²) in [6.45, 7) is 5.81. The van der Waals surface area contributed by atoms with Crippen LogP contribution in [0.1, 0.15) is 49.5 Å². The third-order valence-corrected chi connectivity index (χ3v) is 9.08. The van der Waals surface area contributed by atoms with Crippen molar-refractivity contribution in [3.63, 3.8) is 0 Å². The molecule has 5 aliphatic rings. The minimum absolute atomic E-state index is 0.0460. The predicted molar refractivity (Wildman–Crippen MR) is 152 cm³/mol. The summed E-state index contributed by atoms with van der Waals surface area (Å²) < 4.78 is 58.6. The Hall–Kier alpha value is -3.33. The molecule has 45 heavy (non-hydrogen) atoms. The van der Waals surface area contributed by atoms with Crippen molar-refractivity contribution >= 4 is 5.97 Å². The van der Waals surface area contributed by atoms with E-state index in [1.807, 2.05) is 38.1 Å². The number of hydrogen-bond donors (Lipinski definition) is 2. The molecule has 2 aromatic rings. The molecule has 2 unspecified atom stereocenters. The Labute approximate surface area is 260 Å². The standard InChI is InChI=1S/C32H38O13/c1-13(2)42-29-21(36-4)6-15(7-22(29)37-5)24-16-8-19-20(41-12-40-19)9-17(16)28(18-10-39-31(35)25(18)24)45-32-27(34)26(33)30-23(44-32)11-38-14(3)43-30/h6-9,13-14,18,23-28,30,32-34H,10-12H2,1-5H3/t14-,18+,23-,24-,25+,26-,27-,28?,30-,32?/m1/s1. The summed E-state index contributed by atoms with van der Waals surface area (Å²) in [7, 11) is 3.10. The number of aliphatic hydroxyl groups excluding tert-OH is 2. The number of benzene rings is 2. The quantitative estimate of drug-likeness (QED) is 0.432. The summed E-state index contributed by atoms with van der Waals surface area (Å²) in [5.41, 5.74) is 2.19. The summed E-state index contributed by atoms with van der Waals surface area (Å²) >= 11 is 0. The average Bonchev–Trinajstić information content (AvgIpc) is 3.65. The molecule has 3 fully saturated rings. The molecule has 0 saturated carbocycles. The van der Waals surface area contributed by atoms with Gasteiger partial charge in [-0.3, -0.25) is 4.79 Å². The molecule has 7 rings (SSSR count). The van der Waals surface area contributed by atoms with Gasteiger partial charge in [0.25, 0.3) is 0 Å². The normalized spacial score (nSPS) is 34.9. The molecular formula is C32H38O13. The van der Waals surface area contributed by atoms with E-state index in [1.165, 1.54) is 0 Å². The third-order valence-electron chi connectivity index (χ3n) is 9.08. The van der Waals surface area contributed by atoms with Crippen LogP contribution in [-0.4, -0.2) is 93.5 Å². The first-order valence-corrected chi connectivity index (χ1v) is 15.1. The highest BCUT2D eigenvalue weighted by atomic mass is 16.8. The molecule has 4 aliphatic heterocycles. The largest absolute Gasteiger partial charge is 0.493 e. The van der Waals surface area contributed by atoms with Crippen LogP contribution in [0.15, 0.2) is 24.3 Å². The molecule has 0 amide bonds. The van der Waals surface area contributed by atoms with E-state index in [0.717, 1.165) is 11.1 Å². The lowest BCUT2D eigenvalue weighted by molar-refractivity contribution is -0.364. The summed E-state index contributed by atoms with van der Waals surface area (Å²) in [4.78, 5) is 13.6. The Morgan fingerprint density at radius 3 is 2.24 bits per heavy atom. The van der Waals surface area contributed by atoms with Crippen molar-refractivity contribution in [1.29, 1.82) is 0 Å². The number of ether oxygens (including phenoxy) is 10. The second-order valence-corrected chi connectivity index (χ2v) is 12.1. The van der Waals surface area contributed by atoms with Crippen molar-refractivity contribution in [2.45, 2.75) is 75.9 Å². The van der Waals surface area contributed by atoms with Crippen molar-refractivity contribution in [3.05, 3.63) is 41.0 Å². The molecular weight excluding hydrogens is 592 g/mol. The topological polar surface area (TPSA) is 150 Å². The van der Waals surface area contributed by atoms with E-state index in [9.17, 15) is 15.0 Å². The molecule has 13 nitrogen and oxygen atoms in total. The van der Waals surface area contributed by atoms with E-state index >= 15 is 0 Å². The number of methoxy groups -OCH3 is 2. The maximum absolute atomic E-state index is 13.6. The van der Waals surface area contributed by atoms with Gasteiger partial charge in [-0.25, -0.2) is 0 Å². The summed E-state index contributed by atoms with van der Waals surface area (Å²) in [6.07, 6.45) is -6.86. The van der Waals surface area contributed by atoms with Gasteiger partial charge in [0.05, 0.1) is 45.6 Å². The summed E-state index contributed by atoms with van der Waals surface area (Å²) in [6, 6.07) is 7.38. The van der Waals surface area contributed by atoms with Crippen molar-refractivity contribution in [3.8, 4) is 28.7 Å². The minimum atomic E-state index is -1.43. The molecule has 0 spiro atoms. The molecule has 3 saturated heterocycles. The van der Waals surface area contributed by atoms with E-state index in [2.05, 4.69) is 0 Å². The number of hydrogen-bond acceptors (Lipinski definition) is 13. The lowest BCUT2D eigenvalue weighted by Crippen LogP contribution is -2.63. The fourth-order valence-corrected chi connectivity index (χ4v) is 7.07. The Kier molecular flexibility index (Phi) is 7.95. The van der Waals surface area contributed by atoms with Gasteiger partial charge in [-0.2, -0.15) is 0 Å². The first-order valence-electron chi connectivity index (χ1n) is 15.1. The summed E-state index contributed by atoms with van der Waals surface area (Å²) in [5, 5.41) is 22.1. The van der Waals surface area contributed by atoms with Gasteiger partial charge in [0.15, 0.2) is 35.6 Å². The van der Waals surface area contributed by atoms with Crippen LogP contribution >= 0.6 is 0 Å². The molecule has 0 radical (unpaired) electrons. The highest BCUT2D eigenvalue weighted by Gasteiger charge is 2.56. The van der Waals surface area contributed by atoms with E-state index in [0.29, 0.717) is 34.3 Å². The first kappa shape index (κ1) is 30.3. The van der Waals surface area contributed by atoms with Crippen LogP contribution in [0, 0.1) is 11.8 Å². The summed E-state index contributed by atoms with van der Waals surface area (Å²) in [5.74, 6) is 0.337. The van der Waals surface area contributed by atoms with Crippen LogP contribution in [-0.2, 0) is 28.5 Å². The lowest BCUT2D eigenvalue weighted by Gasteiger charge is -2.47. The Balaban J connectivity index is 1.32. The van der Waals surface area contributed by atoms with Gasteiger partial charge in [-0.15, -0.1) is 0 Å². The maximum atomic E-state index is 13.6. The van der Waals surface area contributed by atoms with Gasteiger partial charge in [-0.05, 0) is 61.7 Å². The molecule has 10 atom stereocenters. The van der Waals surface area contributed by atoms with Crippen LogP contribution in [0.2, 0.25) is 0 Å². The molecule has 0 aromatic heterocycles. The molecule has 13 heteroatoms. The van der Waals surface area contributed by atoms with E-state index < -0.39 is 66.8 Å². The SMILES string of the molecule is COc1cc([C@@H]2c3cc4c(cc3C(OC3O[C@@H]5CO[C@@H](C)O[C@H]5[C@H](O)[C@H]3O)[C@H]3COC(=O)[C@H]23)OCO4)cc(OC)c1OC(C)C. The maximum Gasteiger partial charge on any atom is 0.310 e. The number of rotatable bonds is 7. The van der Waals surface area contributed by atoms with Crippen LogP contribution in [0.5, 0.6) is 28.7 Å². The van der Waals surface area contributed by atoms with Crippen LogP contribution < -0.4 is 23.7 Å². The van der Waals surface area contributed by atoms with Crippen molar-refractivity contribution in [2.24, 2.45) is 11.8 Å². The zero-order valence-electron chi connectivity index (χ0n) is 25.7. The highest BCUT2D eigenvalue weighted by Crippen LogP contribution is 2.57. The monoisotopic (exact) mass is 630 g/mol. The fraction of sp³-hybridized carbons (Fsp3) is 0.594. The number of carbonyl (C=O) groups is 1. The number of fused-ring (bicyclic) bond motifs is 4. The highest BCUT2D eigenvalue weighted by molar-refractivity contribution is 5.79. The van der Waals surface area contributed by atoms with Gasteiger partial charge in [0.2, 0.25) is 12.5 Å². The van der Waals surface area contributed by atoms with Gasteiger partial charge >= 0.3 is 5.97 Å². The smallest absolute Gasteiger partial charge is 0.310 e. The third kappa shape index (κ3) is 5.15. The molecule has 244 valence electrons. The van der Waals surface area contributed by atoms with E-state index in [-0.39, 0.29) is 26.1 Å². The van der Waals surface area contributed by atoms with Crippen molar-refractivity contribution < 1.29 is 62.4 Å². The minimum Gasteiger partial charge on any atom is -0.493 e. The van der Waals surface area contributed by atoms with Gasteiger partial charge in [0, 0.05) is 11.8 Å². The Bertz CT molecular complexity index is 1420. The number of esters is 1. The molecule has 4 heterocycles. The Morgan fingerprint density at radius 2 is 1.58 bits per heavy atom. The van der Waals surface area contributed by atoms with Crippen LogP contribution in [0.3, 0.4) is 0 Å². The second kappa shape index (κ2) is 11.8. The predicted octanol–water partition coefficient (Wildman–Crippen LogP) is 2.42. The van der Waals surface area contributed by atoms with Gasteiger partial charge in [0.1, 0.15) is 24.4 Å². The van der Waals surface area contributed by atoms with Crippen LogP contribution in [0.25, 0.3) is 0 Å². The van der Waals surface area contributed by atoms with Crippen molar-refractivity contribution in [2.75, 3.05) is 34.2 Å². The lowest BCUT2D eigenvalue weighted by atomic mass is 9.66. The fourth-order valence-electron chi connectivity index (χ4n) is 7.07. The zero-order chi connectivity index (χ0) is 31.6. The van der Waals surface area contributed by atoms with Crippen LogP contribution in [0.4, 0.5) is 0 Å². The molecule has 1 aliphatic carbocycles. The van der Waals surface area contributed by atoms with E-state index in [1.54, 1.807) is 21.1 Å². The Morgan fingerprint density at radius 1 is 0.889 bits per heavy atom. The average molecular weight is 631 g/mol. The van der Waals surface area contributed by atoms with Crippen molar-refractivity contribution in [1.82, 2.24) is 0 Å². The molecule has 0 bridgehead atoms. The number of aliphatic hydroxyl groups is 2.